The number of carboxylic acids is 2. The van der Waals surface area contributed by atoms with Gasteiger partial charge < -0.3 is 45.2 Å². The topological polar surface area (TPSA) is 240 Å². The van der Waals surface area contributed by atoms with E-state index in [1.54, 1.807) is 0 Å². The van der Waals surface area contributed by atoms with Crippen LogP contribution < -0.4 is 10.1 Å². The molecule has 3 unspecified atom stereocenters. The van der Waals surface area contributed by atoms with Gasteiger partial charge in [-0.1, -0.05) is 6.07 Å². The van der Waals surface area contributed by atoms with E-state index in [0.29, 0.717) is 18.9 Å². The average molecular weight is 613 g/mol. The minimum atomic E-state index is -2.27. The Morgan fingerprint density at radius 3 is 2.34 bits per heavy atom. The lowest BCUT2D eigenvalue weighted by atomic mass is 9.94. The number of hydrogen-bond donors (Lipinski definition) is 6. The predicted octanol–water partition coefficient (Wildman–Crippen LogP) is -0.222. The zero-order valence-electron chi connectivity index (χ0n) is 23.9. The quantitative estimate of drug-likeness (QED) is 0.201. The molecule has 44 heavy (non-hydrogen) atoms. The molecule has 3 heterocycles. The molecule has 15 heteroatoms. The first-order valence-corrected chi connectivity index (χ1v) is 13.4. The number of methoxy groups -OCH3 is 1. The summed E-state index contributed by atoms with van der Waals surface area (Å²) in [4.78, 5) is 49.4. The summed E-state index contributed by atoms with van der Waals surface area (Å²) in [6.45, 7) is 4.19. The van der Waals surface area contributed by atoms with Crippen LogP contribution >= 0.6 is 0 Å². The summed E-state index contributed by atoms with van der Waals surface area (Å²) < 4.78 is 10.5. The Hall–Kier alpha value is -4.84. The van der Waals surface area contributed by atoms with Gasteiger partial charge in [0.15, 0.2) is 18.1 Å². The maximum atomic E-state index is 12.6. The molecule has 2 aliphatic rings. The zero-order valence-corrected chi connectivity index (χ0v) is 23.9. The van der Waals surface area contributed by atoms with Gasteiger partial charge in [-0.3, -0.25) is 4.79 Å². The van der Waals surface area contributed by atoms with Crippen LogP contribution in [-0.4, -0.2) is 104 Å². The number of nitrogens with one attached hydrogen (secondary N) is 1. The molecule has 2 aliphatic heterocycles. The molecule has 4 rings (SSSR count). The third-order valence-electron chi connectivity index (χ3n) is 7.30. The molecule has 0 radical (unpaired) electrons. The summed E-state index contributed by atoms with van der Waals surface area (Å²) in [6.07, 6.45) is -2.38. The number of piperidine rings is 1. The number of likely N-dealkylation sites (tertiary alicyclic amines) is 1. The van der Waals surface area contributed by atoms with Crippen molar-refractivity contribution in [3.8, 4) is 11.8 Å². The minimum absolute atomic E-state index is 0.00300. The molecule has 0 saturated carbocycles. The molecular weight excluding hydrogens is 580 g/mol. The molecular formula is C29H32N4O11. The number of amides is 1. The second kappa shape index (κ2) is 15.1. The van der Waals surface area contributed by atoms with Gasteiger partial charge in [-0.15, -0.1) is 0 Å². The van der Waals surface area contributed by atoms with Crippen molar-refractivity contribution in [1.29, 1.82) is 5.26 Å². The number of aliphatic carboxylic acids is 2. The van der Waals surface area contributed by atoms with Gasteiger partial charge in [0.2, 0.25) is 5.76 Å². The van der Waals surface area contributed by atoms with E-state index in [4.69, 9.17) is 35.2 Å². The highest BCUT2D eigenvalue weighted by molar-refractivity contribution is 5.93. The number of carboxylic acid groups (broad SMARTS) is 2. The van der Waals surface area contributed by atoms with Crippen molar-refractivity contribution in [1.82, 2.24) is 15.2 Å². The largest absolute Gasteiger partial charge is 0.495 e. The lowest BCUT2D eigenvalue weighted by molar-refractivity contribution is -0.165. The summed E-state index contributed by atoms with van der Waals surface area (Å²) in [6, 6.07) is 7.10. The Bertz CT molecular complexity index is 1470. The van der Waals surface area contributed by atoms with Crippen molar-refractivity contribution < 1.29 is 54.2 Å². The molecule has 1 saturated heterocycles. The van der Waals surface area contributed by atoms with Crippen LogP contribution in [0.25, 0.3) is 5.76 Å². The molecule has 15 nitrogen and oxygen atoms in total. The van der Waals surface area contributed by atoms with Crippen molar-refractivity contribution in [3.05, 3.63) is 57.9 Å². The van der Waals surface area contributed by atoms with E-state index >= 15 is 0 Å². The molecule has 0 bridgehead atoms. The van der Waals surface area contributed by atoms with Crippen LogP contribution in [0.5, 0.6) is 5.75 Å². The van der Waals surface area contributed by atoms with E-state index < -0.39 is 30.3 Å². The fraction of sp³-hybridized carbons (Fsp3) is 0.414. The number of pyridine rings is 1. The van der Waals surface area contributed by atoms with E-state index in [1.807, 2.05) is 31.1 Å². The van der Waals surface area contributed by atoms with Crippen molar-refractivity contribution in [3.63, 3.8) is 0 Å². The number of benzene rings is 1. The van der Waals surface area contributed by atoms with Crippen molar-refractivity contribution in [2.45, 2.75) is 50.7 Å². The standard InChI is InChI=1S/C25H26N4O5.C4H6O6/c1-15-18(3-4-19-20(15)14-34-24(19)13-30)22(31)12-29-7-5-17(6-8-29)28-25(32)21-9-23(33-2)16(10-26)11-27-21;5-1(3(7)8)2(6)4(9)10/h3-4,9,11,17,22,31H,5-8,12,14H2,1-2H3,(H,28,32);1-2,5-6H,(H,7,8)(H,9,10). The van der Waals surface area contributed by atoms with E-state index in [-0.39, 0.29) is 29.0 Å². The molecule has 3 atom stereocenters. The number of aliphatic hydroxyl groups is 3. The Balaban J connectivity index is 0.000000456. The molecule has 0 aliphatic carbocycles. The number of carbonyl (C=O) groups excluding carboxylic acids is 2. The van der Waals surface area contributed by atoms with Crippen LogP contribution in [-0.2, 0) is 25.7 Å². The van der Waals surface area contributed by atoms with Gasteiger partial charge in [0.1, 0.15) is 29.7 Å². The number of hydrogen-bond acceptors (Lipinski definition) is 12. The SMILES string of the molecule is COc1cc(C(=O)NC2CCN(CC(O)c3ccc4c(c3C)COC4=C=O)CC2)ncc1C#N.O=C(O)C(O)C(O)C(=O)O. The maximum Gasteiger partial charge on any atom is 0.335 e. The minimum Gasteiger partial charge on any atom is -0.495 e. The summed E-state index contributed by atoms with van der Waals surface area (Å²) in [5.74, 6) is -1.48. The first kappa shape index (κ1) is 33.7. The van der Waals surface area contributed by atoms with Gasteiger partial charge in [0, 0.05) is 49.1 Å². The smallest absolute Gasteiger partial charge is 0.335 e. The summed E-state index contributed by atoms with van der Waals surface area (Å²) >= 11 is 0. The Morgan fingerprint density at radius 2 is 1.80 bits per heavy atom. The molecule has 2 aromatic rings. The van der Waals surface area contributed by atoms with E-state index in [1.165, 1.54) is 19.4 Å². The first-order valence-electron chi connectivity index (χ1n) is 13.4. The molecule has 1 amide bonds. The van der Waals surface area contributed by atoms with E-state index in [2.05, 4.69) is 15.2 Å². The molecule has 6 N–H and O–H groups in total. The van der Waals surface area contributed by atoms with Crippen molar-refractivity contribution in [2.24, 2.45) is 0 Å². The van der Waals surface area contributed by atoms with Gasteiger partial charge >= 0.3 is 11.9 Å². The fourth-order valence-corrected chi connectivity index (χ4v) is 4.79. The van der Waals surface area contributed by atoms with Crippen LogP contribution in [0, 0.1) is 18.3 Å². The summed E-state index contributed by atoms with van der Waals surface area (Å²) in [5.41, 5.74) is 3.90. The maximum absolute atomic E-state index is 12.6. The first-order chi connectivity index (χ1) is 20.9. The normalized spacial score (nSPS) is 16.5. The highest BCUT2D eigenvalue weighted by Crippen LogP contribution is 2.34. The van der Waals surface area contributed by atoms with Crippen LogP contribution in [0.4, 0.5) is 0 Å². The number of aromatic nitrogens is 1. The highest BCUT2D eigenvalue weighted by Gasteiger charge is 2.30. The third-order valence-corrected chi connectivity index (χ3v) is 7.30. The Kier molecular flexibility index (Phi) is 11.5. The van der Waals surface area contributed by atoms with Crippen LogP contribution in [0.2, 0.25) is 0 Å². The van der Waals surface area contributed by atoms with Crippen molar-refractivity contribution in [2.75, 3.05) is 26.7 Å². The highest BCUT2D eigenvalue weighted by atomic mass is 16.5. The molecule has 1 aromatic carbocycles. The second-order valence-electron chi connectivity index (χ2n) is 10.0. The average Bonchev–Trinajstić information content (AvgIpc) is 3.45. The Labute approximate surface area is 251 Å². The van der Waals surface area contributed by atoms with E-state index in [9.17, 15) is 24.3 Å². The van der Waals surface area contributed by atoms with E-state index in [0.717, 1.165) is 48.2 Å². The van der Waals surface area contributed by atoms with Gasteiger partial charge in [-0.25, -0.2) is 19.4 Å². The number of aliphatic hydroxyl groups excluding tert-OH is 3. The van der Waals surface area contributed by atoms with Gasteiger partial charge in [-0.2, -0.15) is 5.26 Å². The lowest BCUT2D eigenvalue weighted by Crippen LogP contribution is -2.45. The summed E-state index contributed by atoms with van der Waals surface area (Å²) in [7, 11) is 1.44. The number of rotatable bonds is 9. The third kappa shape index (κ3) is 7.95. The number of nitrogens with zero attached hydrogens (tertiary/aromatic N) is 3. The van der Waals surface area contributed by atoms with Crippen molar-refractivity contribution >= 4 is 29.5 Å². The van der Waals surface area contributed by atoms with Crippen LogP contribution in [0.1, 0.15) is 57.3 Å². The fourth-order valence-electron chi connectivity index (χ4n) is 4.79. The predicted molar refractivity (Wildman–Crippen MR) is 150 cm³/mol. The van der Waals surface area contributed by atoms with Crippen LogP contribution in [0.15, 0.2) is 24.4 Å². The molecule has 234 valence electrons. The second-order valence-corrected chi connectivity index (χ2v) is 10.0. The molecule has 1 fully saturated rings. The molecule has 1 aromatic heterocycles. The number of ether oxygens (including phenoxy) is 2. The van der Waals surface area contributed by atoms with Gasteiger partial charge in [0.05, 0.1) is 13.2 Å². The summed E-state index contributed by atoms with van der Waals surface area (Å²) in [5, 5.41) is 55.5. The van der Waals surface area contributed by atoms with Gasteiger partial charge in [-0.05, 0) is 37.0 Å². The monoisotopic (exact) mass is 612 g/mol. The molecule has 0 spiro atoms. The number of β-amino-alcohol motifs (C(OH)–C–C–N with tert-alkyl or cyclic N) is 1. The zero-order chi connectivity index (χ0) is 32.6. The van der Waals surface area contributed by atoms with Gasteiger partial charge in [0.25, 0.3) is 5.91 Å². The van der Waals surface area contributed by atoms with Crippen LogP contribution in [0.3, 0.4) is 0 Å². The number of nitriles is 1. The number of carbonyl (C=O) groups is 3. The lowest BCUT2D eigenvalue weighted by Gasteiger charge is -2.33. The Morgan fingerprint density at radius 1 is 1.16 bits per heavy atom. The number of fused-ring (bicyclic) bond motifs is 1.